The SMILES string of the molecule is CC(CCN)c1cccc(OC2COC2)c1. The number of rotatable bonds is 5. The number of benzene rings is 1. The number of nitrogens with two attached hydrogens (primary N) is 1. The van der Waals surface area contributed by atoms with Crippen LogP contribution in [0.25, 0.3) is 0 Å². The van der Waals surface area contributed by atoms with Crippen LogP contribution in [0.1, 0.15) is 24.8 Å². The summed E-state index contributed by atoms with van der Waals surface area (Å²) in [6.45, 7) is 4.34. The third kappa shape index (κ3) is 2.74. The Bertz CT molecular complexity index is 336. The average molecular weight is 221 g/mol. The lowest BCUT2D eigenvalue weighted by Gasteiger charge is -2.27. The zero-order valence-corrected chi connectivity index (χ0v) is 9.69. The maximum atomic E-state index is 5.76. The lowest BCUT2D eigenvalue weighted by atomic mass is 9.98. The van der Waals surface area contributed by atoms with Gasteiger partial charge in [-0.15, -0.1) is 0 Å². The highest BCUT2D eigenvalue weighted by Crippen LogP contribution is 2.24. The van der Waals surface area contributed by atoms with Crippen LogP contribution in [0.3, 0.4) is 0 Å². The van der Waals surface area contributed by atoms with Crippen molar-refractivity contribution < 1.29 is 9.47 Å². The molecule has 0 aliphatic carbocycles. The van der Waals surface area contributed by atoms with Crippen molar-refractivity contribution in [2.75, 3.05) is 19.8 Å². The number of hydrogen-bond donors (Lipinski definition) is 1. The molecule has 1 atom stereocenters. The van der Waals surface area contributed by atoms with Crippen molar-refractivity contribution in [2.24, 2.45) is 5.73 Å². The molecule has 3 heteroatoms. The molecule has 0 radical (unpaired) electrons. The van der Waals surface area contributed by atoms with Crippen LogP contribution in [0, 0.1) is 0 Å². The molecule has 2 rings (SSSR count). The fraction of sp³-hybridized carbons (Fsp3) is 0.538. The molecule has 0 saturated carbocycles. The molecule has 0 spiro atoms. The van der Waals surface area contributed by atoms with Crippen molar-refractivity contribution in [1.29, 1.82) is 0 Å². The summed E-state index contributed by atoms with van der Waals surface area (Å²) in [4.78, 5) is 0. The van der Waals surface area contributed by atoms with Gasteiger partial charge in [0.1, 0.15) is 11.9 Å². The Morgan fingerprint density at radius 3 is 2.94 bits per heavy atom. The van der Waals surface area contributed by atoms with E-state index in [9.17, 15) is 0 Å². The smallest absolute Gasteiger partial charge is 0.145 e. The topological polar surface area (TPSA) is 44.5 Å². The first-order valence-corrected chi connectivity index (χ1v) is 5.84. The fourth-order valence-electron chi connectivity index (χ4n) is 1.79. The maximum absolute atomic E-state index is 5.76. The van der Waals surface area contributed by atoms with Crippen molar-refractivity contribution in [3.05, 3.63) is 29.8 Å². The monoisotopic (exact) mass is 221 g/mol. The minimum Gasteiger partial charge on any atom is -0.486 e. The van der Waals surface area contributed by atoms with Crippen LogP contribution >= 0.6 is 0 Å². The van der Waals surface area contributed by atoms with Crippen molar-refractivity contribution in [3.63, 3.8) is 0 Å². The highest BCUT2D eigenvalue weighted by molar-refractivity contribution is 5.30. The van der Waals surface area contributed by atoms with E-state index in [0.717, 1.165) is 18.7 Å². The second-order valence-corrected chi connectivity index (χ2v) is 4.33. The van der Waals surface area contributed by atoms with Crippen LogP contribution in [-0.4, -0.2) is 25.9 Å². The molecule has 3 nitrogen and oxygen atoms in total. The van der Waals surface area contributed by atoms with Gasteiger partial charge in [-0.25, -0.2) is 0 Å². The van der Waals surface area contributed by atoms with Gasteiger partial charge in [-0.3, -0.25) is 0 Å². The molecule has 1 aromatic carbocycles. The Labute approximate surface area is 96.5 Å². The van der Waals surface area contributed by atoms with E-state index in [0.29, 0.717) is 19.1 Å². The molecule has 1 saturated heterocycles. The van der Waals surface area contributed by atoms with E-state index in [1.807, 2.05) is 12.1 Å². The molecule has 0 amide bonds. The Morgan fingerprint density at radius 1 is 1.50 bits per heavy atom. The predicted octanol–water partition coefficient (Wildman–Crippen LogP) is 1.92. The minimum atomic E-state index is 0.236. The van der Waals surface area contributed by atoms with Crippen molar-refractivity contribution >= 4 is 0 Å². The fourth-order valence-corrected chi connectivity index (χ4v) is 1.79. The van der Waals surface area contributed by atoms with E-state index in [4.69, 9.17) is 15.2 Å². The van der Waals surface area contributed by atoms with Gasteiger partial charge in [-0.2, -0.15) is 0 Å². The Kier molecular flexibility index (Phi) is 3.80. The molecule has 1 unspecified atom stereocenters. The zero-order valence-electron chi connectivity index (χ0n) is 9.69. The quantitative estimate of drug-likeness (QED) is 0.826. The van der Waals surface area contributed by atoms with Crippen molar-refractivity contribution in [3.8, 4) is 5.75 Å². The summed E-state index contributed by atoms with van der Waals surface area (Å²) in [5, 5.41) is 0. The van der Waals surface area contributed by atoms with Gasteiger partial charge in [0.05, 0.1) is 13.2 Å². The Balaban J connectivity index is 2.00. The molecule has 0 bridgehead atoms. The van der Waals surface area contributed by atoms with E-state index in [-0.39, 0.29) is 6.10 Å². The number of ether oxygens (including phenoxy) is 2. The van der Waals surface area contributed by atoms with Crippen LogP contribution in [0.2, 0.25) is 0 Å². The first-order valence-electron chi connectivity index (χ1n) is 5.84. The number of hydrogen-bond acceptors (Lipinski definition) is 3. The Morgan fingerprint density at radius 2 is 2.31 bits per heavy atom. The minimum absolute atomic E-state index is 0.236. The normalized spacial score (nSPS) is 17.9. The lowest BCUT2D eigenvalue weighted by Crippen LogP contribution is -2.38. The molecule has 1 aliphatic rings. The van der Waals surface area contributed by atoms with Crippen LogP contribution in [-0.2, 0) is 4.74 Å². The highest BCUT2D eigenvalue weighted by atomic mass is 16.6. The molecule has 0 aromatic heterocycles. The van der Waals surface area contributed by atoms with Crippen LogP contribution in [0.5, 0.6) is 5.75 Å². The second-order valence-electron chi connectivity index (χ2n) is 4.33. The van der Waals surface area contributed by atoms with E-state index in [2.05, 4.69) is 19.1 Å². The predicted molar refractivity (Wildman–Crippen MR) is 63.8 cm³/mol. The van der Waals surface area contributed by atoms with Crippen LogP contribution in [0.15, 0.2) is 24.3 Å². The molecular weight excluding hydrogens is 202 g/mol. The summed E-state index contributed by atoms with van der Waals surface area (Å²) in [5.41, 5.74) is 6.86. The summed E-state index contributed by atoms with van der Waals surface area (Å²) in [6, 6.07) is 8.28. The summed E-state index contributed by atoms with van der Waals surface area (Å²) in [5.74, 6) is 1.43. The first-order chi connectivity index (χ1) is 7.79. The van der Waals surface area contributed by atoms with Gasteiger partial charge in [-0.1, -0.05) is 19.1 Å². The first kappa shape index (κ1) is 11.4. The van der Waals surface area contributed by atoms with Gasteiger partial charge < -0.3 is 15.2 Å². The summed E-state index contributed by atoms with van der Waals surface area (Å²) in [7, 11) is 0. The molecule has 1 aliphatic heterocycles. The maximum Gasteiger partial charge on any atom is 0.145 e. The highest BCUT2D eigenvalue weighted by Gasteiger charge is 2.20. The van der Waals surface area contributed by atoms with Gasteiger partial charge in [0, 0.05) is 0 Å². The zero-order chi connectivity index (χ0) is 11.4. The van der Waals surface area contributed by atoms with Gasteiger partial charge in [-0.05, 0) is 36.6 Å². The van der Waals surface area contributed by atoms with E-state index in [1.54, 1.807) is 0 Å². The second kappa shape index (κ2) is 5.32. The van der Waals surface area contributed by atoms with Crippen molar-refractivity contribution in [2.45, 2.75) is 25.4 Å². The molecular formula is C13H19NO2. The van der Waals surface area contributed by atoms with Gasteiger partial charge in [0.25, 0.3) is 0 Å². The van der Waals surface area contributed by atoms with Gasteiger partial charge in [0.2, 0.25) is 0 Å². The standard InChI is InChI=1S/C13H19NO2/c1-10(5-6-14)11-3-2-4-12(7-11)16-13-8-15-9-13/h2-4,7,10,13H,5-6,8-9,14H2,1H3. The summed E-state index contributed by atoms with van der Waals surface area (Å²) < 4.78 is 10.8. The van der Waals surface area contributed by atoms with Gasteiger partial charge in [0.15, 0.2) is 0 Å². The third-order valence-electron chi connectivity index (χ3n) is 2.94. The molecule has 1 aromatic rings. The molecule has 1 heterocycles. The van der Waals surface area contributed by atoms with Gasteiger partial charge >= 0.3 is 0 Å². The Hall–Kier alpha value is -1.06. The third-order valence-corrected chi connectivity index (χ3v) is 2.94. The van der Waals surface area contributed by atoms with E-state index < -0.39 is 0 Å². The molecule has 2 N–H and O–H groups in total. The molecule has 1 fully saturated rings. The molecule has 88 valence electrons. The van der Waals surface area contributed by atoms with E-state index >= 15 is 0 Å². The summed E-state index contributed by atoms with van der Waals surface area (Å²) >= 11 is 0. The van der Waals surface area contributed by atoms with Crippen molar-refractivity contribution in [1.82, 2.24) is 0 Å². The van der Waals surface area contributed by atoms with E-state index in [1.165, 1.54) is 5.56 Å². The lowest BCUT2D eigenvalue weighted by molar-refractivity contribution is -0.0797. The average Bonchev–Trinajstić information content (AvgIpc) is 2.24. The summed E-state index contributed by atoms with van der Waals surface area (Å²) in [6.07, 6.45) is 1.25. The molecule has 16 heavy (non-hydrogen) atoms. The van der Waals surface area contributed by atoms with Crippen LogP contribution in [0.4, 0.5) is 0 Å². The largest absolute Gasteiger partial charge is 0.486 e. The van der Waals surface area contributed by atoms with Crippen LogP contribution < -0.4 is 10.5 Å².